The van der Waals surface area contributed by atoms with Gasteiger partial charge < -0.3 is 20.9 Å². The molecule has 3 aromatic heterocycles. The Hall–Kier alpha value is -2.05. The molecule has 7 heterocycles. The van der Waals surface area contributed by atoms with Gasteiger partial charge in [0, 0.05) is 103 Å². The van der Waals surface area contributed by atoms with Gasteiger partial charge in [-0.2, -0.15) is 0 Å². The SMILES string of the molecule is Clc1cc(Br)c2c(c1)CCc1cc(Br)cnc1C2=C1CCNCC1.Clc1cc(Br)c2c(c1)CCc1cc(Br)cnc1C2C1CCNCC1.O=C(CC1CCNCC1)N1CCC(C2c3ncc(Br)cc3CCc3cc(Cl)cc(Br)c32)CC1. The van der Waals surface area contributed by atoms with Crippen LogP contribution in [-0.2, 0) is 43.3 Å². The van der Waals surface area contributed by atoms with E-state index in [0.717, 1.165) is 177 Å². The van der Waals surface area contributed by atoms with Crippen LogP contribution >= 0.6 is 130 Å². The number of likely N-dealkylation sites (tertiary alicyclic amines) is 1. The summed E-state index contributed by atoms with van der Waals surface area (Å²) in [6.45, 7) is 8.03. The zero-order valence-electron chi connectivity index (χ0n) is 45.2. The first-order valence-corrected chi connectivity index (χ1v) is 34.6. The number of halogens is 9. The normalized spacial score (nSPS) is 20.3. The molecule has 2 atom stereocenters. The molecule has 0 saturated carbocycles. The molecule has 0 spiro atoms. The number of amides is 1. The van der Waals surface area contributed by atoms with Gasteiger partial charge in [-0.15, -0.1) is 0 Å². The van der Waals surface area contributed by atoms with Crippen molar-refractivity contribution in [2.24, 2.45) is 17.8 Å². The molecule has 3 aliphatic carbocycles. The maximum atomic E-state index is 13.0. The van der Waals surface area contributed by atoms with Crippen LogP contribution in [0.2, 0.25) is 15.1 Å². The summed E-state index contributed by atoms with van der Waals surface area (Å²) in [7, 11) is 0. The van der Waals surface area contributed by atoms with E-state index >= 15 is 0 Å². The number of aromatic nitrogens is 3. The van der Waals surface area contributed by atoms with Gasteiger partial charge in [0.15, 0.2) is 0 Å². The van der Waals surface area contributed by atoms with Gasteiger partial charge in [0.1, 0.15) is 0 Å². The maximum absolute atomic E-state index is 13.0. The van der Waals surface area contributed by atoms with Crippen molar-refractivity contribution < 1.29 is 4.79 Å². The molecule has 4 saturated heterocycles. The van der Waals surface area contributed by atoms with E-state index in [1.54, 1.807) is 0 Å². The number of pyridine rings is 3. The number of nitrogens with one attached hydrogen (secondary N) is 3. The van der Waals surface area contributed by atoms with Crippen LogP contribution in [-0.4, -0.2) is 78.1 Å². The summed E-state index contributed by atoms with van der Waals surface area (Å²) < 4.78 is 6.42. The highest BCUT2D eigenvalue weighted by atomic mass is 79.9. The minimum atomic E-state index is 0.221. The standard InChI is InChI=1S/C26H30Br2ClN3O.C19H19Br2ClN2.C19H17Br2ClN2/c27-20-12-19-2-1-18-13-21(29)14-22(28)24(18)25(26(19)31-15-20)17-5-9-32(10-6-17)23(33)11-16-3-7-30-8-4-16;2*20-14-7-13-2-1-12-8-15(22)9-16(21)17(12)18(19(13)24-10-14)11-3-5-23-6-4-11/h12-17,25,30H,1-11H2;7-11,18,23H,1-6H2;7-10,23H,1-6H2. The van der Waals surface area contributed by atoms with Crippen molar-refractivity contribution in [3.05, 3.63) is 188 Å². The van der Waals surface area contributed by atoms with Gasteiger partial charge in [-0.25, -0.2) is 0 Å². The number of aryl methyl sites for hydroxylation is 6. The Labute approximate surface area is 543 Å². The number of benzene rings is 3. The Balaban J connectivity index is 0.000000130. The van der Waals surface area contributed by atoms with Gasteiger partial charge in [-0.3, -0.25) is 19.7 Å². The van der Waals surface area contributed by atoms with Gasteiger partial charge in [0.2, 0.25) is 5.91 Å². The van der Waals surface area contributed by atoms with Crippen molar-refractivity contribution >= 4 is 142 Å². The molecule has 7 aliphatic rings. The third kappa shape index (κ3) is 14.2. The molecule has 1 amide bonds. The summed E-state index contributed by atoms with van der Waals surface area (Å²) in [5.74, 6) is 2.53. The Kier molecular flexibility index (Phi) is 20.8. The van der Waals surface area contributed by atoms with Crippen molar-refractivity contribution in [1.29, 1.82) is 0 Å². The Bertz CT molecular complexity index is 3330. The van der Waals surface area contributed by atoms with Crippen LogP contribution < -0.4 is 16.0 Å². The van der Waals surface area contributed by atoms with E-state index in [9.17, 15) is 4.79 Å². The average Bonchev–Trinajstić information content (AvgIpc) is 4.10. The molecule has 4 fully saturated rings. The quantitative estimate of drug-likeness (QED) is 0.162. The minimum absolute atomic E-state index is 0.221. The number of carbonyl (C=O) groups excluding carboxylic acids is 1. The molecular weight excluding hydrogens is 1470 g/mol. The van der Waals surface area contributed by atoms with E-state index in [0.29, 0.717) is 36.0 Å². The summed E-state index contributed by atoms with van der Waals surface area (Å²) >= 11 is 41.3. The highest BCUT2D eigenvalue weighted by Gasteiger charge is 2.38. The van der Waals surface area contributed by atoms with Crippen LogP contribution in [0, 0.1) is 17.8 Å². The molecule has 81 heavy (non-hydrogen) atoms. The molecule has 0 bridgehead atoms. The van der Waals surface area contributed by atoms with Gasteiger partial charge in [0.25, 0.3) is 0 Å². The first-order chi connectivity index (χ1) is 39.3. The second kappa shape index (κ2) is 27.8. The molecule has 426 valence electrons. The molecule has 4 aliphatic heterocycles. The molecule has 3 aromatic carbocycles. The zero-order chi connectivity index (χ0) is 56.3. The Morgan fingerprint density at radius 2 is 0.914 bits per heavy atom. The molecular formula is C64H66Br6Cl3N7O. The van der Waals surface area contributed by atoms with E-state index in [1.165, 1.54) is 85.4 Å². The van der Waals surface area contributed by atoms with Gasteiger partial charge in [-0.05, 0) is 294 Å². The molecule has 0 radical (unpaired) electrons. The number of piperidine rings is 4. The number of rotatable bonds is 4. The van der Waals surface area contributed by atoms with E-state index in [4.69, 9.17) is 49.8 Å². The number of hydrogen-bond donors (Lipinski definition) is 3. The number of hydrogen-bond acceptors (Lipinski definition) is 7. The third-order valence-corrected chi connectivity index (χ3v) is 21.6. The van der Waals surface area contributed by atoms with E-state index in [1.807, 2.05) is 36.8 Å². The predicted molar refractivity (Wildman–Crippen MR) is 352 cm³/mol. The first-order valence-electron chi connectivity index (χ1n) is 28.8. The summed E-state index contributed by atoms with van der Waals surface area (Å²) in [5, 5.41) is 12.7. The lowest BCUT2D eigenvalue weighted by Gasteiger charge is -2.37. The molecule has 2 unspecified atom stereocenters. The molecule has 17 heteroatoms. The monoisotopic (exact) mass is 1530 g/mol. The fourth-order valence-corrected chi connectivity index (χ4v) is 18.3. The van der Waals surface area contributed by atoms with Crippen LogP contribution in [0.1, 0.15) is 137 Å². The van der Waals surface area contributed by atoms with Gasteiger partial charge in [-0.1, -0.05) is 88.2 Å². The predicted octanol–water partition coefficient (Wildman–Crippen LogP) is 17.2. The van der Waals surface area contributed by atoms with Crippen molar-refractivity contribution in [2.45, 2.75) is 108 Å². The Morgan fingerprint density at radius 3 is 1.47 bits per heavy atom. The summed E-state index contributed by atoms with van der Waals surface area (Å²) in [6, 6.07) is 19.2. The average molecular weight is 1540 g/mol. The smallest absolute Gasteiger partial charge is 0.222 e. The Morgan fingerprint density at radius 1 is 0.481 bits per heavy atom. The summed E-state index contributed by atoms with van der Waals surface area (Å²) in [5.41, 5.74) is 18.4. The lowest BCUT2D eigenvalue weighted by molar-refractivity contribution is -0.133. The molecule has 13 rings (SSSR count). The molecule has 6 aromatic rings. The second-order valence-corrected chi connectivity index (χ2v) is 29.4. The van der Waals surface area contributed by atoms with Crippen LogP contribution in [0.15, 0.2) is 106 Å². The number of carbonyl (C=O) groups is 1. The van der Waals surface area contributed by atoms with E-state index in [2.05, 4.69) is 153 Å². The zero-order valence-corrected chi connectivity index (χ0v) is 57.0. The number of fused-ring (bicyclic) bond motifs is 6. The topological polar surface area (TPSA) is 95.1 Å². The highest BCUT2D eigenvalue weighted by molar-refractivity contribution is 9.11. The molecule has 3 N–H and O–H groups in total. The fourth-order valence-electron chi connectivity index (χ4n) is 13.9. The second-order valence-electron chi connectivity index (χ2n) is 22.8. The van der Waals surface area contributed by atoms with Crippen LogP contribution in [0.5, 0.6) is 0 Å². The van der Waals surface area contributed by atoms with Crippen LogP contribution in [0.4, 0.5) is 0 Å². The summed E-state index contributed by atoms with van der Waals surface area (Å²) in [4.78, 5) is 29.7. The first kappa shape index (κ1) is 60.6. The lowest BCUT2D eigenvalue weighted by Crippen LogP contribution is -2.41. The van der Waals surface area contributed by atoms with Gasteiger partial charge >= 0.3 is 0 Å². The van der Waals surface area contributed by atoms with Crippen molar-refractivity contribution in [1.82, 2.24) is 35.8 Å². The fraction of sp³-hybridized carbons (Fsp3) is 0.438. The molecule has 8 nitrogen and oxygen atoms in total. The summed E-state index contributed by atoms with van der Waals surface area (Å²) in [6.07, 6.45) is 21.2. The van der Waals surface area contributed by atoms with E-state index < -0.39 is 0 Å². The highest BCUT2D eigenvalue weighted by Crippen LogP contribution is 2.49. The van der Waals surface area contributed by atoms with Crippen LogP contribution in [0.3, 0.4) is 0 Å². The van der Waals surface area contributed by atoms with Gasteiger partial charge in [0.05, 0.1) is 17.1 Å². The third-order valence-electron chi connectivity index (χ3n) is 17.8. The number of nitrogens with zero attached hydrogens (tertiary/aromatic N) is 4. The van der Waals surface area contributed by atoms with Crippen molar-refractivity contribution in [3.63, 3.8) is 0 Å². The largest absolute Gasteiger partial charge is 0.343 e. The van der Waals surface area contributed by atoms with E-state index in [-0.39, 0.29) is 5.92 Å². The van der Waals surface area contributed by atoms with Crippen LogP contribution in [0.25, 0.3) is 5.57 Å². The van der Waals surface area contributed by atoms with Crippen molar-refractivity contribution in [3.8, 4) is 0 Å². The van der Waals surface area contributed by atoms with Crippen molar-refractivity contribution in [2.75, 3.05) is 52.4 Å². The minimum Gasteiger partial charge on any atom is -0.343 e. The lowest BCUT2D eigenvalue weighted by atomic mass is 9.76. The maximum Gasteiger partial charge on any atom is 0.222 e.